The first-order chi connectivity index (χ1) is 11.9. The second kappa shape index (κ2) is 7.27. The van der Waals surface area contributed by atoms with E-state index < -0.39 is 10.0 Å². The van der Waals surface area contributed by atoms with Gasteiger partial charge < -0.3 is 9.42 Å². The molecule has 1 aliphatic heterocycles. The van der Waals surface area contributed by atoms with Crippen molar-refractivity contribution in [3.63, 3.8) is 0 Å². The minimum absolute atomic E-state index is 0.0907. The SMILES string of the molecule is Cc1noc(C)c1C(=O)N1CCC[C@H](CNS(=O)(=O)c2cccs2)C1. The van der Waals surface area contributed by atoms with Crippen molar-refractivity contribution >= 4 is 27.3 Å². The lowest BCUT2D eigenvalue weighted by molar-refractivity contribution is 0.0674. The van der Waals surface area contributed by atoms with Crippen molar-refractivity contribution < 1.29 is 17.7 Å². The lowest BCUT2D eigenvalue weighted by atomic mass is 9.97. The number of nitrogens with zero attached hydrogens (tertiary/aromatic N) is 2. The van der Waals surface area contributed by atoms with E-state index in [-0.39, 0.29) is 11.8 Å². The molecule has 0 aromatic carbocycles. The third-order valence-corrected chi connectivity index (χ3v) is 7.20. The molecule has 3 rings (SSSR count). The van der Waals surface area contributed by atoms with Gasteiger partial charge in [0.1, 0.15) is 15.5 Å². The Morgan fingerprint density at radius 3 is 2.92 bits per heavy atom. The third kappa shape index (κ3) is 3.94. The number of carbonyl (C=O) groups is 1. The molecule has 0 unspecified atom stereocenters. The van der Waals surface area contributed by atoms with Gasteiger partial charge in [0.2, 0.25) is 10.0 Å². The summed E-state index contributed by atoms with van der Waals surface area (Å²) in [5.74, 6) is 0.512. The van der Waals surface area contributed by atoms with Gasteiger partial charge in [-0.3, -0.25) is 4.79 Å². The van der Waals surface area contributed by atoms with Crippen LogP contribution in [0.15, 0.2) is 26.2 Å². The van der Waals surface area contributed by atoms with E-state index in [1.807, 2.05) is 0 Å². The molecular formula is C16H21N3O4S2. The number of nitrogens with one attached hydrogen (secondary N) is 1. The molecule has 1 N–H and O–H groups in total. The summed E-state index contributed by atoms with van der Waals surface area (Å²) in [5.41, 5.74) is 1.10. The lowest BCUT2D eigenvalue weighted by Gasteiger charge is -2.32. The van der Waals surface area contributed by atoms with Crippen molar-refractivity contribution in [2.24, 2.45) is 5.92 Å². The minimum atomic E-state index is -3.47. The second-order valence-corrected chi connectivity index (χ2v) is 9.18. The fourth-order valence-corrected chi connectivity index (χ4v) is 5.23. The number of piperidine rings is 1. The monoisotopic (exact) mass is 383 g/mol. The molecule has 1 saturated heterocycles. The van der Waals surface area contributed by atoms with Crippen molar-refractivity contribution in [3.8, 4) is 0 Å². The van der Waals surface area contributed by atoms with Crippen LogP contribution in [0.1, 0.15) is 34.7 Å². The Morgan fingerprint density at radius 1 is 1.48 bits per heavy atom. The van der Waals surface area contributed by atoms with Gasteiger partial charge in [0.05, 0.1) is 5.69 Å². The van der Waals surface area contributed by atoms with Gasteiger partial charge in [0, 0.05) is 19.6 Å². The third-order valence-electron chi connectivity index (χ3n) is 4.38. The number of carbonyl (C=O) groups excluding carboxylic acids is 1. The van der Waals surface area contributed by atoms with Gasteiger partial charge in [0.25, 0.3) is 5.91 Å². The van der Waals surface area contributed by atoms with E-state index in [1.165, 1.54) is 11.3 Å². The molecular weight excluding hydrogens is 362 g/mol. The highest BCUT2D eigenvalue weighted by atomic mass is 32.2. The van der Waals surface area contributed by atoms with E-state index in [1.54, 1.807) is 36.3 Å². The van der Waals surface area contributed by atoms with Crippen LogP contribution in [0.4, 0.5) is 0 Å². The summed E-state index contributed by atoms with van der Waals surface area (Å²) < 4.78 is 32.5. The summed E-state index contributed by atoms with van der Waals surface area (Å²) in [6.45, 7) is 4.99. The average Bonchev–Trinajstić information content (AvgIpc) is 3.24. The highest BCUT2D eigenvalue weighted by molar-refractivity contribution is 7.91. The molecule has 1 amide bonds. The van der Waals surface area contributed by atoms with Crippen LogP contribution in [-0.4, -0.2) is 44.0 Å². The molecule has 3 heterocycles. The molecule has 0 aliphatic carbocycles. The van der Waals surface area contributed by atoms with Gasteiger partial charge >= 0.3 is 0 Å². The summed E-state index contributed by atoms with van der Waals surface area (Å²) in [6, 6.07) is 3.30. The van der Waals surface area contributed by atoms with Crippen molar-refractivity contribution in [3.05, 3.63) is 34.5 Å². The zero-order chi connectivity index (χ0) is 18.0. The quantitative estimate of drug-likeness (QED) is 0.854. The Labute approximate surface area is 151 Å². The normalized spacial score (nSPS) is 18.5. The molecule has 1 atom stereocenters. The fraction of sp³-hybridized carbons (Fsp3) is 0.500. The molecule has 136 valence electrons. The first-order valence-corrected chi connectivity index (χ1v) is 10.5. The highest BCUT2D eigenvalue weighted by Crippen LogP contribution is 2.22. The maximum atomic E-state index is 12.7. The Hall–Kier alpha value is -1.71. The van der Waals surface area contributed by atoms with Gasteiger partial charge in [-0.15, -0.1) is 11.3 Å². The average molecular weight is 383 g/mol. The number of hydrogen-bond acceptors (Lipinski definition) is 6. The van der Waals surface area contributed by atoms with Crippen LogP contribution in [0.3, 0.4) is 0 Å². The van der Waals surface area contributed by atoms with E-state index in [2.05, 4.69) is 9.88 Å². The van der Waals surface area contributed by atoms with Crippen LogP contribution in [0.5, 0.6) is 0 Å². The molecule has 7 nitrogen and oxygen atoms in total. The van der Waals surface area contributed by atoms with Gasteiger partial charge in [-0.1, -0.05) is 11.2 Å². The van der Waals surface area contributed by atoms with Crippen LogP contribution >= 0.6 is 11.3 Å². The van der Waals surface area contributed by atoms with Crippen molar-refractivity contribution in [2.45, 2.75) is 30.9 Å². The molecule has 0 saturated carbocycles. The maximum Gasteiger partial charge on any atom is 0.259 e. The van der Waals surface area contributed by atoms with E-state index in [0.29, 0.717) is 40.9 Å². The smallest absolute Gasteiger partial charge is 0.259 e. The fourth-order valence-electron chi connectivity index (χ4n) is 3.08. The number of rotatable bonds is 5. The molecule has 0 radical (unpaired) electrons. The summed E-state index contributed by atoms with van der Waals surface area (Å²) >= 11 is 1.19. The van der Waals surface area contributed by atoms with Gasteiger partial charge in [-0.2, -0.15) is 0 Å². The molecule has 25 heavy (non-hydrogen) atoms. The number of thiophene rings is 1. The van der Waals surface area contributed by atoms with Crippen molar-refractivity contribution in [2.75, 3.05) is 19.6 Å². The topological polar surface area (TPSA) is 92.5 Å². The summed E-state index contributed by atoms with van der Waals surface area (Å²) in [6.07, 6.45) is 1.73. The number of likely N-dealkylation sites (tertiary alicyclic amines) is 1. The van der Waals surface area contributed by atoms with Crippen molar-refractivity contribution in [1.82, 2.24) is 14.8 Å². The molecule has 0 bridgehead atoms. The zero-order valence-electron chi connectivity index (χ0n) is 14.2. The Morgan fingerprint density at radius 2 is 2.28 bits per heavy atom. The molecule has 0 spiro atoms. The Bertz CT molecular complexity index is 823. The lowest BCUT2D eigenvalue weighted by Crippen LogP contribution is -2.43. The van der Waals surface area contributed by atoms with Gasteiger partial charge in [-0.25, -0.2) is 13.1 Å². The maximum absolute atomic E-state index is 12.7. The first-order valence-electron chi connectivity index (χ1n) is 8.14. The Balaban J connectivity index is 1.63. The Kier molecular flexibility index (Phi) is 5.26. The van der Waals surface area contributed by atoms with Crippen LogP contribution in [0.2, 0.25) is 0 Å². The van der Waals surface area contributed by atoms with E-state index in [4.69, 9.17) is 4.52 Å². The number of hydrogen-bond donors (Lipinski definition) is 1. The predicted molar refractivity (Wildman–Crippen MR) is 94.1 cm³/mol. The first kappa shape index (κ1) is 18.1. The molecule has 9 heteroatoms. The summed E-state index contributed by atoms with van der Waals surface area (Å²) in [5, 5.41) is 5.57. The van der Waals surface area contributed by atoms with Crippen LogP contribution in [-0.2, 0) is 10.0 Å². The van der Waals surface area contributed by atoms with E-state index >= 15 is 0 Å². The number of aromatic nitrogens is 1. The van der Waals surface area contributed by atoms with Crippen LogP contribution < -0.4 is 4.72 Å². The van der Waals surface area contributed by atoms with Crippen molar-refractivity contribution in [1.29, 1.82) is 0 Å². The number of amides is 1. The van der Waals surface area contributed by atoms with Gasteiger partial charge in [0.15, 0.2) is 0 Å². The minimum Gasteiger partial charge on any atom is -0.361 e. The molecule has 1 fully saturated rings. The summed E-state index contributed by atoms with van der Waals surface area (Å²) in [4.78, 5) is 14.5. The number of aryl methyl sites for hydroxylation is 2. The molecule has 2 aromatic heterocycles. The summed E-state index contributed by atoms with van der Waals surface area (Å²) in [7, 11) is -3.47. The predicted octanol–water partition coefficient (Wildman–Crippen LogP) is 2.18. The molecule has 1 aliphatic rings. The highest BCUT2D eigenvalue weighted by Gasteiger charge is 2.29. The van der Waals surface area contributed by atoms with Gasteiger partial charge in [-0.05, 0) is 44.1 Å². The standard InChI is InChI=1S/C16H21N3O4S2/c1-11-15(12(2)23-18-11)16(20)19-7-3-5-13(10-19)9-17-25(21,22)14-6-4-8-24-14/h4,6,8,13,17H,3,5,7,9-10H2,1-2H3/t13-/m1/s1. The number of sulfonamides is 1. The largest absolute Gasteiger partial charge is 0.361 e. The van der Waals surface area contributed by atoms with Crippen LogP contribution in [0, 0.1) is 19.8 Å². The second-order valence-electron chi connectivity index (χ2n) is 6.24. The van der Waals surface area contributed by atoms with Crippen LogP contribution in [0.25, 0.3) is 0 Å². The van der Waals surface area contributed by atoms with E-state index in [9.17, 15) is 13.2 Å². The molecule has 2 aromatic rings. The zero-order valence-corrected chi connectivity index (χ0v) is 15.8. The van der Waals surface area contributed by atoms with E-state index in [0.717, 1.165) is 12.8 Å².